The Bertz CT molecular complexity index is 1170. The van der Waals surface area contributed by atoms with Gasteiger partial charge in [-0.25, -0.2) is 14.3 Å². The van der Waals surface area contributed by atoms with Gasteiger partial charge in [0.15, 0.2) is 11.2 Å². The Balaban J connectivity index is 1.39. The van der Waals surface area contributed by atoms with Gasteiger partial charge in [-0.1, -0.05) is 31.2 Å². The molecule has 2 aliphatic rings. The third-order valence-corrected chi connectivity index (χ3v) is 6.54. The van der Waals surface area contributed by atoms with Crippen molar-refractivity contribution >= 4 is 11.2 Å². The number of ether oxygens (including phenoxy) is 1. The summed E-state index contributed by atoms with van der Waals surface area (Å²) in [5.41, 5.74) is 2.23. The highest BCUT2D eigenvalue weighted by atomic mass is 16.5. The van der Waals surface area contributed by atoms with Gasteiger partial charge in [0.1, 0.15) is 11.6 Å². The van der Waals surface area contributed by atoms with Gasteiger partial charge >= 0.3 is 0 Å². The van der Waals surface area contributed by atoms with Crippen molar-refractivity contribution in [2.45, 2.75) is 38.1 Å². The van der Waals surface area contributed by atoms with Crippen LogP contribution in [0.15, 0.2) is 35.3 Å². The topological polar surface area (TPSA) is 79.9 Å². The average Bonchev–Trinajstić information content (AvgIpc) is 3.38. The van der Waals surface area contributed by atoms with Crippen molar-refractivity contribution in [3.05, 3.63) is 69.4 Å². The highest BCUT2D eigenvalue weighted by Crippen LogP contribution is 2.32. The number of likely N-dealkylation sites (tertiary alicyclic amines) is 1. The summed E-state index contributed by atoms with van der Waals surface area (Å²) < 4.78 is 7.25. The summed E-state index contributed by atoms with van der Waals surface area (Å²) in [6, 6.07) is 7.76. The number of nitrogens with zero attached hydrogens (tertiary/aromatic N) is 5. The van der Waals surface area contributed by atoms with Gasteiger partial charge in [-0.3, -0.25) is 9.69 Å². The first kappa shape index (κ1) is 19.9. The molecular weight excluding hydrogens is 392 g/mol. The largest absolute Gasteiger partial charge is 0.381 e. The molecule has 2 fully saturated rings. The van der Waals surface area contributed by atoms with Crippen molar-refractivity contribution in [1.29, 1.82) is 0 Å². The third kappa shape index (κ3) is 3.87. The van der Waals surface area contributed by atoms with Gasteiger partial charge in [-0.2, -0.15) is 5.10 Å². The highest BCUT2D eigenvalue weighted by molar-refractivity contribution is 5.45. The minimum atomic E-state index is -0.129. The molecule has 2 unspecified atom stereocenters. The first-order chi connectivity index (χ1) is 15.1. The molecule has 2 aliphatic heterocycles. The van der Waals surface area contributed by atoms with E-state index in [-0.39, 0.29) is 17.4 Å². The van der Waals surface area contributed by atoms with Crippen LogP contribution in [0.1, 0.15) is 48.8 Å². The molecule has 1 N–H and O–H groups in total. The van der Waals surface area contributed by atoms with Gasteiger partial charge in [0.05, 0.1) is 12.8 Å². The molecule has 0 spiro atoms. The van der Waals surface area contributed by atoms with E-state index in [1.54, 1.807) is 10.7 Å². The van der Waals surface area contributed by atoms with Crippen LogP contribution in [0.4, 0.5) is 5.69 Å². The van der Waals surface area contributed by atoms with Gasteiger partial charge < -0.3 is 9.72 Å². The lowest BCUT2D eigenvalue weighted by Gasteiger charge is -2.21. The number of rotatable bonds is 4. The zero-order chi connectivity index (χ0) is 21.4. The van der Waals surface area contributed by atoms with Crippen LogP contribution in [0.25, 0.3) is 10.4 Å². The minimum Gasteiger partial charge on any atom is -0.381 e. The Hall–Kier alpha value is -3.02. The molecule has 5 rings (SSSR count). The van der Waals surface area contributed by atoms with Crippen LogP contribution in [-0.4, -0.2) is 50.8 Å². The summed E-state index contributed by atoms with van der Waals surface area (Å²) in [5, 5.41) is 4.87. The Labute approximate surface area is 180 Å². The molecule has 2 saturated heterocycles. The molecule has 0 aliphatic carbocycles. The number of benzene rings is 1. The molecule has 0 saturated carbocycles. The van der Waals surface area contributed by atoms with Crippen molar-refractivity contribution in [3.63, 3.8) is 0 Å². The molecule has 2 aromatic heterocycles. The van der Waals surface area contributed by atoms with E-state index >= 15 is 0 Å². The lowest BCUT2D eigenvalue weighted by Crippen LogP contribution is -2.24. The Morgan fingerprint density at radius 1 is 1.23 bits per heavy atom. The Kier molecular flexibility index (Phi) is 5.30. The quantitative estimate of drug-likeness (QED) is 0.659. The number of imidazole rings is 1. The fraction of sp³-hybridized carbons (Fsp3) is 0.478. The van der Waals surface area contributed by atoms with Crippen LogP contribution in [-0.2, 0) is 11.3 Å². The number of hydrogen-bond acceptors (Lipinski definition) is 5. The summed E-state index contributed by atoms with van der Waals surface area (Å²) in [7, 11) is 0. The van der Waals surface area contributed by atoms with E-state index in [1.807, 2.05) is 24.3 Å². The molecule has 160 valence electrons. The maximum Gasteiger partial charge on any atom is 0.276 e. The predicted octanol–water partition coefficient (Wildman–Crippen LogP) is 3.10. The van der Waals surface area contributed by atoms with Crippen LogP contribution in [0.2, 0.25) is 0 Å². The van der Waals surface area contributed by atoms with Crippen molar-refractivity contribution in [1.82, 2.24) is 24.5 Å². The minimum absolute atomic E-state index is 0.129. The van der Waals surface area contributed by atoms with E-state index in [4.69, 9.17) is 16.4 Å². The second kappa shape index (κ2) is 8.25. The summed E-state index contributed by atoms with van der Waals surface area (Å²) in [4.78, 5) is 26.2. The van der Waals surface area contributed by atoms with Crippen LogP contribution < -0.4 is 5.56 Å². The first-order valence-electron chi connectivity index (χ1n) is 10.9. The number of aromatic amines is 1. The molecule has 0 amide bonds. The summed E-state index contributed by atoms with van der Waals surface area (Å²) >= 11 is 0. The van der Waals surface area contributed by atoms with Crippen molar-refractivity contribution < 1.29 is 4.74 Å². The number of hydrogen-bond donors (Lipinski definition) is 1. The van der Waals surface area contributed by atoms with Crippen LogP contribution >= 0.6 is 0 Å². The van der Waals surface area contributed by atoms with E-state index < -0.39 is 0 Å². The fourth-order valence-corrected chi connectivity index (χ4v) is 4.82. The zero-order valence-electron chi connectivity index (χ0n) is 17.6. The summed E-state index contributed by atoms with van der Waals surface area (Å²) in [6.45, 7) is 13.4. The maximum absolute atomic E-state index is 12.8. The van der Waals surface area contributed by atoms with Crippen LogP contribution in [0.5, 0.6) is 0 Å². The number of nitrogens with one attached hydrogen (secondary N) is 1. The van der Waals surface area contributed by atoms with Gasteiger partial charge in [0.25, 0.3) is 5.56 Å². The molecule has 4 heterocycles. The van der Waals surface area contributed by atoms with Gasteiger partial charge in [0.2, 0.25) is 0 Å². The molecule has 8 heteroatoms. The summed E-state index contributed by atoms with van der Waals surface area (Å²) in [6.07, 6.45) is 3.45. The van der Waals surface area contributed by atoms with Crippen LogP contribution in [0, 0.1) is 12.5 Å². The molecule has 2 atom stereocenters. The summed E-state index contributed by atoms with van der Waals surface area (Å²) in [5.74, 6) is 2.41. The number of fused-ring (bicyclic) bond motifs is 1. The van der Waals surface area contributed by atoms with E-state index in [9.17, 15) is 4.79 Å². The molecule has 31 heavy (non-hydrogen) atoms. The standard InChI is InChI=1S/C23H26N6O2/c1-15-12-28(13-16-3-5-18(24-2)6-4-16)14-19(15)21-26-23(30)20-11-25-22(29(20)27-21)17-7-9-31-10-8-17/h3-6,11,15,17,19H,7-10,12-14H2,1H3,(H,26,27,30). The first-order valence-corrected chi connectivity index (χ1v) is 10.9. The van der Waals surface area contributed by atoms with Crippen molar-refractivity contribution in [2.75, 3.05) is 26.3 Å². The SMILES string of the molecule is [C-]#[N+]c1ccc(CN2CC(C)C(c3nn4c(C5CCOCC5)ncc4c(=O)[nH]3)C2)cc1. The normalized spacial score (nSPS) is 22.7. The van der Waals surface area contributed by atoms with E-state index in [0.717, 1.165) is 57.3 Å². The van der Waals surface area contributed by atoms with Crippen molar-refractivity contribution in [3.8, 4) is 0 Å². The maximum atomic E-state index is 12.8. The third-order valence-electron chi connectivity index (χ3n) is 6.54. The van der Waals surface area contributed by atoms with Gasteiger partial charge in [-0.15, -0.1) is 0 Å². The predicted molar refractivity (Wildman–Crippen MR) is 116 cm³/mol. The second-order valence-electron chi connectivity index (χ2n) is 8.70. The van der Waals surface area contributed by atoms with E-state index in [0.29, 0.717) is 17.1 Å². The molecule has 3 aromatic rings. The average molecular weight is 419 g/mol. The smallest absolute Gasteiger partial charge is 0.276 e. The van der Waals surface area contributed by atoms with Crippen LogP contribution in [0.3, 0.4) is 0 Å². The highest BCUT2D eigenvalue weighted by Gasteiger charge is 2.33. The molecular formula is C23H26N6O2. The van der Waals surface area contributed by atoms with E-state index in [2.05, 4.69) is 26.6 Å². The number of aromatic nitrogens is 4. The Morgan fingerprint density at radius 3 is 2.74 bits per heavy atom. The van der Waals surface area contributed by atoms with Gasteiger partial charge in [0, 0.05) is 44.7 Å². The fourth-order valence-electron chi connectivity index (χ4n) is 4.82. The number of H-pyrrole nitrogens is 1. The monoisotopic (exact) mass is 418 g/mol. The van der Waals surface area contributed by atoms with Crippen molar-refractivity contribution in [2.24, 2.45) is 5.92 Å². The lowest BCUT2D eigenvalue weighted by molar-refractivity contribution is 0.0832. The van der Waals surface area contributed by atoms with E-state index in [1.165, 1.54) is 5.56 Å². The lowest BCUT2D eigenvalue weighted by atomic mass is 9.97. The molecule has 0 radical (unpaired) electrons. The molecule has 8 nitrogen and oxygen atoms in total. The van der Waals surface area contributed by atoms with Gasteiger partial charge in [-0.05, 0) is 24.3 Å². The zero-order valence-corrected chi connectivity index (χ0v) is 17.6. The molecule has 0 bridgehead atoms. The Morgan fingerprint density at radius 2 is 2.00 bits per heavy atom. The molecule has 1 aromatic carbocycles. The second-order valence-corrected chi connectivity index (χ2v) is 8.70.